The SMILES string of the molecule is NC(CC(=O)O)C(=O)NCCc1cccc(Cl)c1. The van der Waals surface area contributed by atoms with Crippen LogP contribution in [0.1, 0.15) is 12.0 Å². The van der Waals surface area contributed by atoms with Gasteiger partial charge in [-0.1, -0.05) is 23.7 Å². The summed E-state index contributed by atoms with van der Waals surface area (Å²) in [5, 5.41) is 11.7. The molecule has 0 aromatic heterocycles. The standard InChI is InChI=1S/C12H15ClN2O3/c13-9-3-1-2-8(6-9)4-5-15-12(18)10(14)7-11(16)17/h1-3,6,10H,4-5,7,14H2,(H,15,18)(H,16,17). The van der Waals surface area contributed by atoms with Crippen molar-refractivity contribution in [1.82, 2.24) is 5.32 Å². The molecule has 0 heterocycles. The van der Waals surface area contributed by atoms with E-state index >= 15 is 0 Å². The molecule has 1 aromatic rings. The van der Waals surface area contributed by atoms with E-state index in [1.165, 1.54) is 0 Å². The number of carbonyl (C=O) groups excluding carboxylic acids is 1. The molecule has 5 nitrogen and oxygen atoms in total. The van der Waals surface area contributed by atoms with Gasteiger partial charge in [-0.15, -0.1) is 0 Å². The molecule has 1 rings (SSSR count). The van der Waals surface area contributed by atoms with E-state index < -0.39 is 17.9 Å². The molecule has 0 aliphatic rings. The van der Waals surface area contributed by atoms with Crippen molar-refractivity contribution in [1.29, 1.82) is 0 Å². The number of benzene rings is 1. The largest absolute Gasteiger partial charge is 0.481 e. The maximum absolute atomic E-state index is 11.4. The summed E-state index contributed by atoms with van der Waals surface area (Å²) in [7, 11) is 0. The van der Waals surface area contributed by atoms with Crippen LogP contribution in [0.25, 0.3) is 0 Å². The lowest BCUT2D eigenvalue weighted by Gasteiger charge is -2.10. The van der Waals surface area contributed by atoms with Crippen molar-refractivity contribution in [3.05, 3.63) is 34.9 Å². The zero-order valence-electron chi connectivity index (χ0n) is 9.73. The van der Waals surface area contributed by atoms with Crippen molar-refractivity contribution in [3.63, 3.8) is 0 Å². The van der Waals surface area contributed by atoms with Gasteiger partial charge in [-0.2, -0.15) is 0 Å². The first kappa shape index (κ1) is 14.5. The first-order valence-corrected chi connectivity index (χ1v) is 5.86. The maximum atomic E-state index is 11.4. The van der Waals surface area contributed by atoms with Crippen LogP contribution >= 0.6 is 11.6 Å². The number of carboxylic acids is 1. The van der Waals surface area contributed by atoms with E-state index in [1.54, 1.807) is 6.07 Å². The molecule has 98 valence electrons. The molecule has 1 unspecified atom stereocenters. The van der Waals surface area contributed by atoms with Crippen molar-refractivity contribution >= 4 is 23.5 Å². The Bertz CT molecular complexity index is 437. The number of nitrogens with one attached hydrogen (secondary N) is 1. The third-order valence-corrected chi connectivity index (χ3v) is 2.57. The van der Waals surface area contributed by atoms with Crippen LogP contribution in [0.15, 0.2) is 24.3 Å². The first-order valence-electron chi connectivity index (χ1n) is 5.48. The molecule has 0 spiro atoms. The van der Waals surface area contributed by atoms with E-state index in [9.17, 15) is 9.59 Å². The van der Waals surface area contributed by atoms with Crippen LogP contribution < -0.4 is 11.1 Å². The Hall–Kier alpha value is -1.59. The Morgan fingerprint density at radius 2 is 2.17 bits per heavy atom. The molecular formula is C12H15ClN2O3. The molecule has 0 saturated heterocycles. The summed E-state index contributed by atoms with van der Waals surface area (Å²) in [5.74, 6) is -1.55. The van der Waals surface area contributed by atoms with Gasteiger partial charge in [-0.25, -0.2) is 0 Å². The third kappa shape index (κ3) is 5.16. The molecule has 18 heavy (non-hydrogen) atoms. The second kappa shape index (κ2) is 6.98. The van der Waals surface area contributed by atoms with Gasteiger partial charge in [-0.3, -0.25) is 9.59 Å². The fourth-order valence-electron chi connectivity index (χ4n) is 1.43. The van der Waals surface area contributed by atoms with Crippen molar-refractivity contribution in [2.45, 2.75) is 18.9 Å². The van der Waals surface area contributed by atoms with Crippen LogP contribution in [0.3, 0.4) is 0 Å². The van der Waals surface area contributed by atoms with E-state index in [1.807, 2.05) is 18.2 Å². The second-order valence-electron chi connectivity index (χ2n) is 3.88. The number of hydrogen-bond donors (Lipinski definition) is 3. The maximum Gasteiger partial charge on any atom is 0.305 e. The highest BCUT2D eigenvalue weighted by Crippen LogP contribution is 2.10. The molecule has 0 radical (unpaired) electrons. The van der Waals surface area contributed by atoms with E-state index in [0.717, 1.165) is 5.56 Å². The zero-order valence-corrected chi connectivity index (χ0v) is 10.5. The lowest BCUT2D eigenvalue weighted by molar-refractivity contribution is -0.139. The van der Waals surface area contributed by atoms with Gasteiger partial charge < -0.3 is 16.2 Å². The average Bonchev–Trinajstić information content (AvgIpc) is 2.28. The number of nitrogens with two attached hydrogens (primary N) is 1. The van der Waals surface area contributed by atoms with Gasteiger partial charge in [0.15, 0.2) is 0 Å². The van der Waals surface area contributed by atoms with Gasteiger partial charge in [0.2, 0.25) is 5.91 Å². The summed E-state index contributed by atoms with van der Waals surface area (Å²) in [6.07, 6.45) is 0.245. The van der Waals surface area contributed by atoms with Crippen LogP contribution in [0, 0.1) is 0 Å². The minimum atomic E-state index is -1.09. The number of carboxylic acid groups (broad SMARTS) is 1. The first-order chi connectivity index (χ1) is 8.49. The fraction of sp³-hybridized carbons (Fsp3) is 0.333. The number of aliphatic carboxylic acids is 1. The van der Waals surface area contributed by atoms with Gasteiger partial charge in [0.05, 0.1) is 12.5 Å². The molecule has 4 N–H and O–H groups in total. The van der Waals surface area contributed by atoms with Gasteiger partial charge in [0, 0.05) is 11.6 Å². The van der Waals surface area contributed by atoms with Crippen molar-refractivity contribution in [2.24, 2.45) is 5.73 Å². The summed E-state index contributed by atoms with van der Waals surface area (Å²) in [6.45, 7) is 0.395. The third-order valence-electron chi connectivity index (χ3n) is 2.33. The number of carbonyl (C=O) groups is 2. The molecule has 0 bridgehead atoms. The molecule has 1 amide bonds. The van der Waals surface area contributed by atoms with Crippen LogP contribution in [0.2, 0.25) is 5.02 Å². The number of amides is 1. The molecule has 1 atom stereocenters. The summed E-state index contributed by atoms with van der Waals surface area (Å²) < 4.78 is 0. The lowest BCUT2D eigenvalue weighted by Crippen LogP contribution is -2.42. The lowest BCUT2D eigenvalue weighted by atomic mass is 10.1. The van der Waals surface area contributed by atoms with Crippen LogP contribution in [-0.2, 0) is 16.0 Å². The Balaban J connectivity index is 2.33. The van der Waals surface area contributed by atoms with Gasteiger partial charge in [0.25, 0.3) is 0 Å². The Morgan fingerprint density at radius 3 is 2.78 bits per heavy atom. The summed E-state index contributed by atoms with van der Waals surface area (Å²) in [5.41, 5.74) is 6.40. The molecule has 6 heteroatoms. The summed E-state index contributed by atoms with van der Waals surface area (Å²) >= 11 is 5.82. The Kier molecular flexibility index (Phi) is 5.61. The summed E-state index contributed by atoms with van der Waals surface area (Å²) in [4.78, 5) is 21.8. The molecule has 0 saturated carbocycles. The molecule has 1 aromatic carbocycles. The number of hydrogen-bond acceptors (Lipinski definition) is 3. The summed E-state index contributed by atoms with van der Waals surface area (Å²) in [6, 6.07) is 6.30. The van der Waals surface area contributed by atoms with Gasteiger partial charge in [0.1, 0.15) is 0 Å². The topological polar surface area (TPSA) is 92.4 Å². The highest BCUT2D eigenvalue weighted by Gasteiger charge is 2.16. The zero-order chi connectivity index (χ0) is 13.5. The quantitative estimate of drug-likeness (QED) is 0.713. The van der Waals surface area contributed by atoms with Crippen molar-refractivity contribution in [2.75, 3.05) is 6.54 Å². The molecule has 0 aliphatic carbocycles. The Labute approximate surface area is 110 Å². The van der Waals surface area contributed by atoms with Crippen LogP contribution in [-0.4, -0.2) is 29.6 Å². The Morgan fingerprint density at radius 1 is 1.44 bits per heavy atom. The predicted molar refractivity (Wildman–Crippen MR) is 68.4 cm³/mol. The van der Waals surface area contributed by atoms with E-state index in [0.29, 0.717) is 18.0 Å². The van der Waals surface area contributed by atoms with E-state index in [4.69, 9.17) is 22.4 Å². The number of halogens is 1. The van der Waals surface area contributed by atoms with Crippen LogP contribution in [0.4, 0.5) is 0 Å². The smallest absolute Gasteiger partial charge is 0.305 e. The van der Waals surface area contributed by atoms with Crippen LogP contribution in [0.5, 0.6) is 0 Å². The monoisotopic (exact) mass is 270 g/mol. The molecule has 0 fully saturated rings. The minimum absolute atomic E-state index is 0.372. The van der Waals surface area contributed by atoms with E-state index in [2.05, 4.69) is 5.32 Å². The normalized spacial score (nSPS) is 11.9. The fourth-order valence-corrected chi connectivity index (χ4v) is 1.65. The molecule has 0 aliphatic heterocycles. The van der Waals surface area contributed by atoms with E-state index in [-0.39, 0.29) is 6.42 Å². The highest BCUT2D eigenvalue weighted by atomic mass is 35.5. The predicted octanol–water partition coefficient (Wildman–Crippen LogP) is 0.801. The second-order valence-corrected chi connectivity index (χ2v) is 4.31. The highest BCUT2D eigenvalue weighted by molar-refractivity contribution is 6.30. The minimum Gasteiger partial charge on any atom is -0.481 e. The van der Waals surface area contributed by atoms with Gasteiger partial charge in [-0.05, 0) is 24.1 Å². The average molecular weight is 271 g/mol. The molecular weight excluding hydrogens is 256 g/mol. The van der Waals surface area contributed by atoms with Crippen molar-refractivity contribution in [3.8, 4) is 0 Å². The number of rotatable bonds is 6. The van der Waals surface area contributed by atoms with Crippen molar-refractivity contribution < 1.29 is 14.7 Å². The van der Waals surface area contributed by atoms with Gasteiger partial charge >= 0.3 is 5.97 Å².